The fourth-order valence-corrected chi connectivity index (χ4v) is 2.51. The minimum Gasteiger partial charge on any atom is -0.431 e. The summed E-state index contributed by atoms with van der Waals surface area (Å²) in [5.41, 5.74) is 0.565. The fourth-order valence-electron chi connectivity index (χ4n) is 1.14. The van der Waals surface area contributed by atoms with Crippen molar-refractivity contribution >= 4 is 27.6 Å². The second-order valence-corrected chi connectivity index (χ2v) is 5.31. The van der Waals surface area contributed by atoms with E-state index in [1.54, 1.807) is 14.0 Å². The monoisotopic (exact) mass is 276 g/mol. The first-order valence-corrected chi connectivity index (χ1v) is 6.38. The van der Waals surface area contributed by atoms with E-state index in [9.17, 15) is 8.42 Å². The quantitative estimate of drug-likeness (QED) is 0.909. The SMILES string of the molecule is Cc1coc(NS(=O)(=O)c2ncn(C)c2Cl)n1. The van der Waals surface area contributed by atoms with Crippen LogP contribution in [0.15, 0.2) is 22.0 Å². The van der Waals surface area contributed by atoms with Crippen LogP contribution in [0.1, 0.15) is 5.69 Å². The second kappa shape index (κ2) is 4.04. The summed E-state index contributed by atoms with van der Waals surface area (Å²) in [5, 5.41) is -0.252. The number of hydrogen-bond donors (Lipinski definition) is 1. The van der Waals surface area contributed by atoms with E-state index in [0.717, 1.165) is 0 Å². The van der Waals surface area contributed by atoms with Gasteiger partial charge in [-0.3, -0.25) is 0 Å². The van der Waals surface area contributed by atoms with Gasteiger partial charge in [-0.1, -0.05) is 11.6 Å². The van der Waals surface area contributed by atoms with Crippen molar-refractivity contribution in [1.82, 2.24) is 14.5 Å². The Morgan fingerprint density at radius 3 is 2.71 bits per heavy atom. The van der Waals surface area contributed by atoms with Crippen LogP contribution in [0.3, 0.4) is 0 Å². The third-order valence-corrected chi connectivity index (χ3v) is 3.74. The van der Waals surface area contributed by atoms with Gasteiger partial charge in [-0.25, -0.2) is 9.71 Å². The molecule has 1 N–H and O–H groups in total. The first-order chi connectivity index (χ1) is 7.90. The van der Waals surface area contributed by atoms with Gasteiger partial charge >= 0.3 is 6.01 Å². The van der Waals surface area contributed by atoms with E-state index in [4.69, 9.17) is 16.0 Å². The molecule has 0 aliphatic carbocycles. The second-order valence-electron chi connectivity index (χ2n) is 3.35. The predicted octanol–water partition coefficient (Wildman–Crippen LogP) is 1.17. The minimum absolute atomic E-state index is 0.0146. The summed E-state index contributed by atoms with van der Waals surface area (Å²) >= 11 is 5.80. The van der Waals surface area contributed by atoms with Gasteiger partial charge < -0.3 is 8.98 Å². The molecule has 9 heteroatoms. The van der Waals surface area contributed by atoms with Crippen LogP contribution >= 0.6 is 11.6 Å². The standard InChI is InChI=1S/C8H9ClN4O3S/c1-5-3-16-8(11-5)12-17(14,15)7-6(9)13(2)4-10-7/h3-4H,1-2H3,(H,11,12). The van der Waals surface area contributed by atoms with Crippen molar-refractivity contribution in [3.63, 3.8) is 0 Å². The molecule has 0 amide bonds. The number of halogens is 1. The molecule has 2 heterocycles. The van der Waals surface area contributed by atoms with Crippen molar-refractivity contribution < 1.29 is 12.8 Å². The molecular formula is C8H9ClN4O3S. The lowest BCUT2D eigenvalue weighted by Crippen LogP contribution is -2.14. The molecule has 0 unspecified atom stereocenters. The van der Waals surface area contributed by atoms with E-state index in [1.165, 1.54) is 17.2 Å². The van der Waals surface area contributed by atoms with Crippen LogP contribution in [0.25, 0.3) is 0 Å². The molecular weight excluding hydrogens is 268 g/mol. The number of rotatable bonds is 3. The molecule has 92 valence electrons. The Kier molecular flexibility index (Phi) is 2.84. The molecule has 2 aromatic rings. The zero-order valence-corrected chi connectivity index (χ0v) is 10.6. The number of aromatic nitrogens is 3. The summed E-state index contributed by atoms with van der Waals surface area (Å²) in [6.45, 7) is 1.68. The highest BCUT2D eigenvalue weighted by Crippen LogP contribution is 2.21. The number of sulfonamides is 1. The molecule has 0 aliphatic rings. The summed E-state index contributed by atoms with van der Waals surface area (Å²) in [5.74, 6) is 0. The highest BCUT2D eigenvalue weighted by atomic mass is 35.5. The highest BCUT2D eigenvalue weighted by molar-refractivity contribution is 7.92. The third kappa shape index (κ3) is 2.27. The summed E-state index contributed by atoms with van der Waals surface area (Å²) in [6, 6.07) is -0.121. The van der Waals surface area contributed by atoms with Crippen LogP contribution < -0.4 is 4.72 Å². The zero-order valence-electron chi connectivity index (χ0n) is 9.01. The molecule has 0 radical (unpaired) electrons. The Morgan fingerprint density at radius 2 is 2.24 bits per heavy atom. The molecule has 17 heavy (non-hydrogen) atoms. The van der Waals surface area contributed by atoms with Gasteiger partial charge in [0.1, 0.15) is 11.4 Å². The summed E-state index contributed by atoms with van der Waals surface area (Å²) < 4.78 is 32.2. The van der Waals surface area contributed by atoms with Crippen LogP contribution in [0, 0.1) is 6.92 Å². The first-order valence-electron chi connectivity index (χ1n) is 4.52. The maximum absolute atomic E-state index is 11.9. The molecule has 7 nitrogen and oxygen atoms in total. The summed E-state index contributed by atoms with van der Waals surface area (Å²) in [7, 11) is -2.29. The number of nitrogens with one attached hydrogen (secondary N) is 1. The predicted molar refractivity (Wildman–Crippen MR) is 60.3 cm³/mol. The molecule has 0 saturated carbocycles. The molecule has 0 saturated heterocycles. The van der Waals surface area contributed by atoms with E-state index in [1.807, 2.05) is 0 Å². The van der Waals surface area contributed by atoms with Gasteiger partial charge in [0.15, 0.2) is 0 Å². The van der Waals surface area contributed by atoms with Crippen molar-refractivity contribution in [2.75, 3.05) is 4.72 Å². The maximum atomic E-state index is 11.9. The van der Waals surface area contributed by atoms with Gasteiger partial charge in [-0.15, -0.1) is 0 Å². The van der Waals surface area contributed by atoms with Crippen molar-refractivity contribution in [3.8, 4) is 0 Å². The normalized spacial score (nSPS) is 11.7. The highest BCUT2D eigenvalue weighted by Gasteiger charge is 2.24. The molecule has 0 aliphatic heterocycles. The van der Waals surface area contributed by atoms with Crippen LogP contribution in [0.2, 0.25) is 5.15 Å². The zero-order chi connectivity index (χ0) is 12.6. The summed E-state index contributed by atoms with van der Waals surface area (Å²) in [4.78, 5) is 7.52. The van der Waals surface area contributed by atoms with Gasteiger partial charge in [0.2, 0.25) is 5.03 Å². The lowest BCUT2D eigenvalue weighted by Gasteiger charge is -2.01. The van der Waals surface area contributed by atoms with Crippen molar-refractivity contribution in [3.05, 3.63) is 23.4 Å². The Balaban J connectivity index is 2.34. The maximum Gasteiger partial charge on any atom is 0.309 e. The Labute approximate surface area is 102 Å². The van der Waals surface area contributed by atoms with Gasteiger partial charge in [0.05, 0.1) is 12.0 Å². The Morgan fingerprint density at radius 1 is 1.53 bits per heavy atom. The van der Waals surface area contributed by atoms with Gasteiger partial charge in [0.25, 0.3) is 10.0 Å². The van der Waals surface area contributed by atoms with Crippen LogP contribution in [0.5, 0.6) is 0 Å². The van der Waals surface area contributed by atoms with Crippen LogP contribution in [-0.2, 0) is 17.1 Å². The van der Waals surface area contributed by atoms with E-state index in [-0.39, 0.29) is 16.2 Å². The lowest BCUT2D eigenvalue weighted by atomic mass is 10.6. The molecule has 0 spiro atoms. The molecule has 0 fully saturated rings. The van der Waals surface area contributed by atoms with Crippen LogP contribution in [-0.4, -0.2) is 23.0 Å². The van der Waals surface area contributed by atoms with Gasteiger partial charge in [-0.05, 0) is 6.92 Å². The van der Waals surface area contributed by atoms with E-state index >= 15 is 0 Å². The molecule has 2 aromatic heterocycles. The van der Waals surface area contributed by atoms with E-state index in [0.29, 0.717) is 5.69 Å². The average Bonchev–Trinajstić information content (AvgIpc) is 2.75. The largest absolute Gasteiger partial charge is 0.431 e. The number of oxazole rings is 1. The number of aryl methyl sites for hydroxylation is 2. The molecule has 0 atom stereocenters. The lowest BCUT2D eigenvalue weighted by molar-refractivity contribution is 0.568. The molecule has 2 rings (SSSR count). The molecule has 0 aromatic carbocycles. The van der Waals surface area contributed by atoms with E-state index < -0.39 is 10.0 Å². The van der Waals surface area contributed by atoms with Crippen molar-refractivity contribution in [2.45, 2.75) is 11.9 Å². The van der Waals surface area contributed by atoms with Gasteiger partial charge in [0, 0.05) is 7.05 Å². The van der Waals surface area contributed by atoms with Gasteiger partial charge in [-0.2, -0.15) is 13.4 Å². The number of imidazole rings is 1. The topological polar surface area (TPSA) is 90.0 Å². The first kappa shape index (κ1) is 11.9. The number of hydrogen-bond acceptors (Lipinski definition) is 5. The van der Waals surface area contributed by atoms with Crippen molar-refractivity contribution in [1.29, 1.82) is 0 Å². The molecule has 0 bridgehead atoms. The smallest absolute Gasteiger partial charge is 0.309 e. The van der Waals surface area contributed by atoms with Crippen molar-refractivity contribution in [2.24, 2.45) is 7.05 Å². The minimum atomic E-state index is -3.88. The summed E-state index contributed by atoms with van der Waals surface area (Å²) in [6.07, 6.45) is 2.63. The van der Waals surface area contributed by atoms with Crippen LogP contribution in [0.4, 0.5) is 6.01 Å². The average molecular weight is 277 g/mol. The number of nitrogens with zero attached hydrogens (tertiary/aromatic N) is 3. The third-order valence-electron chi connectivity index (χ3n) is 1.93. The Bertz CT molecular complexity index is 646. The Hall–Kier alpha value is -1.54. The van der Waals surface area contributed by atoms with E-state index in [2.05, 4.69) is 14.7 Å². The number of anilines is 1. The fraction of sp³-hybridized carbons (Fsp3) is 0.250.